The van der Waals surface area contributed by atoms with E-state index in [-0.39, 0.29) is 11.6 Å². The maximum Gasteiger partial charge on any atom is 0.134 e. The molecule has 0 aliphatic carbocycles. The fraction of sp³-hybridized carbons (Fsp3) is 0. The van der Waals surface area contributed by atoms with Crippen molar-refractivity contribution in [3.8, 4) is 34.7 Å². The zero-order valence-corrected chi connectivity index (χ0v) is 21.2. The molecule has 3 aromatic carbocycles. The van der Waals surface area contributed by atoms with Gasteiger partial charge in [-0.25, -0.2) is 18.7 Å². The third-order valence-corrected chi connectivity index (χ3v) is 7.30. The minimum absolute atomic E-state index is 0.316. The van der Waals surface area contributed by atoms with Gasteiger partial charge in [-0.15, -0.1) is 22.7 Å². The molecule has 0 bridgehead atoms. The molecule has 0 aliphatic rings. The molecule has 38 heavy (non-hydrogen) atoms. The molecule has 0 unspecified atom stereocenters. The van der Waals surface area contributed by atoms with Crippen molar-refractivity contribution >= 4 is 46.0 Å². The van der Waals surface area contributed by atoms with Crippen LogP contribution in [-0.2, 0) is 0 Å². The lowest BCUT2D eigenvalue weighted by molar-refractivity contribution is 0.627. The van der Waals surface area contributed by atoms with Gasteiger partial charge < -0.3 is 0 Å². The lowest BCUT2D eigenvalue weighted by atomic mass is 10.1. The van der Waals surface area contributed by atoms with Gasteiger partial charge in [0.25, 0.3) is 0 Å². The van der Waals surface area contributed by atoms with Gasteiger partial charge in [0.2, 0.25) is 0 Å². The Balaban J connectivity index is 1.35. The van der Waals surface area contributed by atoms with Gasteiger partial charge in [0.15, 0.2) is 0 Å². The van der Waals surface area contributed by atoms with Crippen molar-refractivity contribution in [1.82, 2.24) is 9.97 Å². The quantitative estimate of drug-likeness (QED) is 0.205. The van der Waals surface area contributed by atoms with E-state index in [1.807, 2.05) is 35.0 Å². The lowest BCUT2D eigenvalue weighted by Gasteiger charge is -2.00. The second-order valence-corrected chi connectivity index (χ2v) is 9.81. The summed E-state index contributed by atoms with van der Waals surface area (Å²) >= 11 is 2.70. The molecule has 0 fully saturated rings. The molecule has 0 spiro atoms. The zero-order valence-electron chi connectivity index (χ0n) is 19.6. The van der Waals surface area contributed by atoms with Crippen molar-refractivity contribution in [2.75, 3.05) is 0 Å². The van der Waals surface area contributed by atoms with E-state index in [1.165, 1.54) is 46.9 Å². The molecule has 0 atom stereocenters. The fourth-order valence-corrected chi connectivity index (χ4v) is 5.20. The number of aromatic nitrogens is 2. The van der Waals surface area contributed by atoms with Crippen molar-refractivity contribution in [2.45, 2.75) is 0 Å². The maximum atomic E-state index is 13.2. The minimum Gasteiger partial charge on any atom is -0.235 e. The number of rotatable bonds is 6. The van der Waals surface area contributed by atoms with Gasteiger partial charge in [0.05, 0.1) is 22.5 Å². The summed E-state index contributed by atoms with van der Waals surface area (Å²) in [5, 5.41) is 24.3. The molecule has 0 saturated heterocycles. The van der Waals surface area contributed by atoms with Crippen molar-refractivity contribution in [3.63, 3.8) is 0 Å². The summed E-state index contributed by atoms with van der Waals surface area (Å²) in [5.74, 6) is -0.633. The van der Waals surface area contributed by atoms with Crippen LogP contribution >= 0.6 is 22.7 Å². The van der Waals surface area contributed by atoms with Gasteiger partial charge in [-0.05, 0) is 71.8 Å². The standard InChI is InChI=1S/C30H16F2N4S2/c31-25-9-5-21(6-10-25)27-17-37-29(35-27)23(15-33)13-19-1-2-20(4-3-19)14-24(16-34)30-36-28(18-38-30)22-7-11-26(32)12-8-22/h1-14,17-18H/b23-13-,24-14+. The number of thiazole rings is 2. The highest BCUT2D eigenvalue weighted by molar-refractivity contribution is 7.11. The minimum atomic E-state index is -0.316. The topological polar surface area (TPSA) is 73.4 Å². The third-order valence-electron chi connectivity index (χ3n) is 5.55. The Morgan fingerprint density at radius 3 is 1.32 bits per heavy atom. The molecule has 8 heteroatoms. The predicted octanol–water partition coefficient (Wildman–Crippen LogP) is 8.34. The van der Waals surface area contributed by atoms with E-state index in [0.29, 0.717) is 32.5 Å². The highest BCUT2D eigenvalue weighted by Gasteiger charge is 2.11. The first kappa shape index (κ1) is 24.9. The van der Waals surface area contributed by atoms with Crippen molar-refractivity contribution in [1.29, 1.82) is 10.5 Å². The van der Waals surface area contributed by atoms with Gasteiger partial charge in [-0.2, -0.15) is 10.5 Å². The average Bonchev–Trinajstić information content (AvgIpc) is 3.63. The monoisotopic (exact) mass is 534 g/mol. The molecule has 2 aromatic heterocycles. The molecule has 182 valence electrons. The van der Waals surface area contributed by atoms with Crippen LogP contribution in [0.25, 0.3) is 45.8 Å². The average molecular weight is 535 g/mol. The summed E-state index contributed by atoms with van der Waals surface area (Å²) in [6, 6.07) is 24.0. The van der Waals surface area contributed by atoms with Crippen LogP contribution in [0.2, 0.25) is 0 Å². The normalized spacial score (nSPS) is 11.7. The predicted molar refractivity (Wildman–Crippen MR) is 148 cm³/mol. The van der Waals surface area contributed by atoms with E-state index < -0.39 is 0 Å². The summed E-state index contributed by atoms with van der Waals surface area (Å²) in [6.07, 6.45) is 3.50. The summed E-state index contributed by atoms with van der Waals surface area (Å²) in [4.78, 5) is 9.09. The van der Waals surface area contributed by atoms with E-state index in [4.69, 9.17) is 0 Å². The van der Waals surface area contributed by atoms with Gasteiger partial charge in [0.1, 0.15) is 33.8 Å². The Kier molecular flexibility index (Phi) is 7.28. The molecule has 2 heterocycles. The Morgan fingerprint density at radius 1 is 0.605 bits per heavy atom. The zero-order chi connectivity index (χ0) is 26.5. The fourth-order valence-electron chi connectivity index (χ4n) is 3.61. The number of allylic oxidation sites excluding steroid dienone is 2. The first-order valence-corrected chi connectivity index (χ1v) is 13.1. The second kappa shape index (κ2) is 11.1. The van der Waals surface area contributed by atoms with E-state index in [2.05, 4.69) is 22.1 Å². The number of hydrogen-bond donors (Lipinski definition) is 0. The van der Waals surface area contributed by atoms with Gasteiger partial charge >= 0.3 is 0 Å². The molecule has 0 aliphatic heterocycles. The summed E-state index contributed by atoms with van der Waals surface area (Å²) in [5.41, 5.74) is 5.37. The van der Waals surface area contributed by atoms with Crippen LogP contribution in [0.3, 0.4) is 0 Å². The van der Waals surface area contributed by atoms with Gasteiger partial charge in [-0.1, -0.05) is 24.3 Å². The molecule has 0 radical (unpaired) electrons. The molecule has 0 amide bonds. The van der Waals surface area contributed by atoms with E-state index >= 15 is 0 Å². The lowest BCUT2D eigenvalue weighted by Crippen LogP contribution is -1.85. The van der Waals surface area contributed by atoms with Crippen LogP contribution in [0.15, 0.2) is 83.6 Å². The van der Waals surface area contributed by atoms with Crippen LogP contribution in [0.5, 0.6) is 0 Å². The summed E-state index contributed by atoms with van der Waals surface area (Å²) in [6.45, 7) is 0. The molecule has 4 nitrogen and oxygen atoms in total. The van der Waals surface area contributed by atoms with E-state index in [1.54, 1.807) is 36.4 Å². The van der Waals surface area contributed by atoms with Crippen LogP contribution in [0, 0.1) is 34.3 Å². The summed E-state index contributed by atoms with van der Waals surface area (Å²) < 4.78 is 26.4. The molecule has 5 aromatic rings. The SMILES string of the molecule is N#C/C(=C/c1ccc(/C=C(\C#N)c2nc(-c3ccc(F)cc3)cs2)cc1)c1nc(-c2ccc(F)cc2)cs1. The largest absolute Gasteiger partial charge is 0.235 e. The number of nitriles is 2. The molecular weight excluding hydrogens is 518 g/mol. The maximum absolute atomic E-state index is 13.2. The van der Waals surface area contributed by atoms with Crippen molar-refractivity contribution < 1.29 is 8.78 Å². The first-order chi connectivity index (χ1) is 18.5. The Labute approximate surface area is 225 Å². The molecule has 5 rings (SSSR count). The van der Waals surface area contributed by atoms with Crippen LogP contribution < -0.4 is 0 Å². The van der Waals surface area contributed by atoms with Crippen LogP contribution in [0.4, 0.5) is 8.78 Å². The highest BCUT2D eigenvalue weighted by atomic mass is 32.1. The molecule has 0 N–H and O–H groups in total. The molecular formula is C30H16F2N4S2. The number of nitrogens with zero attached hydrogens (tertiary/aromatic N) is 4. The second-order valence-electron chi connectivity index (χ2n) is 8.10. The van der Waals surface area contributed by atoms with Crippen molar-refractivity contribution in [3.05, 3.63) is 116 Å². The Morgan fingerprint density at radius 2 is 0.974 bits per heavy atom. The van der Waals surface area contributed by atoms with Crippen LogP contribution in [0.1, 0.15) is 21.1 Å². The van der Waals surface area contributed by atoms with E-state index in [9.17, 15) is 19.3 Å². The van der Waals surface area contributed by atoms with E-state index in [0.717, 1.165) is 22.3 Å². The first-order valence-electron chi connectivity index (χ1n) is 11.3. The number of benzene rings is 3. The van der Waals surface area contributed by atoms with Gasteiger partial charge in [0, 0.05) is 21.9 Å². The third kappa shape index (κ3) is 5.63. The number of halogens is 2. The van der Waals surface area contributed by atoms with Crippen molar-refractivity contribution in [2.24, 2.45) is 0 Å². The number of hydrogen-bond acceptors (Lipinski definition) is 6. The van der Waals surface area contributed by atoms with Crippen LogP contribution in [-0.4, -0.2) is 9.97 Å². The molecule has 0 saturated carbocycles. The Hall–Kier alpha value is -4.76. The van der Waals surface area contributed by atoms with Gasteiger partial charge in [-0.3, -0.25) is 0 Å². The smallest absolute Gasteiger partial charge is 0.134 e. The summed E-state index contributed by atoms with van der Waals surface area (Å²) in [7, 11) is 0. The highest BCUT2D eigenvalue weighted by Crippen LogP contribution is 2.29. The Bertz CT molecular complexity index is 1600.